The monoisotopic (exact) mass is 116 g/mol. The summed E-state index contributed by atoms with van der Waals surface area (Å²) in [6.07, 6.45) is 1.97. The average molecular weight is 116 g/mol. The second-order valence-electron chi connectivity index (χ2n) is 0.932. The van der Waals surface area contributed by atoms with Crippen LogP contribution in [0.4, 0.5) is 0 Å². The van der Waals surface area contributed by atoms with E-state index in [1.54, 1.807) is 0 Å². The highest BCUT2D eigenvalue weighted by Gasteiger charge is 2.19. The molecule has 1 rings (SSSR count). The third kappa shape index (κ3) is 1.13. The summed E-state index contributed by atoms with van der Waals surface area (Å²) >= 11 is 0. The Bertz CT molecular complexity index is 87.7. The Morgan fingerprint density at radius 2 is 2.33 bits per heavy atom. The Hall–Kier alpha value is 0.220. The molecule has 32 valence electrons. The van der Waals surface area contributed by atoms with E-state index >= 15 is 0 Å². The highest BCUT2D eigenvalue weighted by Crippen LogP contribution is 2.53. The van der Waals surface area contributed by atoms with Gasteiger partial charge in [0, 0.05) is 0 Å². The summed E-state index contributed by atoms with van der Waals surface area (Å²) in [5.41, 5.74) is 2.71. The van der Waals surface area contributed by atoms with E-state index in [2.05, 4.69) is 12.3 Å². The average Bonchev–Trinajstić information content (AvgIpc) is 2.21. The van der Waals surface area contributed by atoms with Gasteiger partial charge < -0.3 is 0 Å². The molecule has 0 aromatic rings. The fraction of sp³-hybridized carbons (Fsp3) is 0.250. The topological polar surface area (TPSA) is 0 Å². The Labute approximate surface area is 45.1 Å². The van der Waals surface area contributed by atoms with Crippen LogP contribution in [0.5, 0.6) is 0 Å². The second kappa shape index (κ2) is 1.78. The molecule has 0 N–H and O–H groups in total. The minimum Gasteiger partial charge on any atom is -0.131 e. The van der Waals surface area contributed by atoms with Crippen LogP contribution in [-0.4, -0.2) is 4.58 Å². The van der Waals surface area contributed by atoms with Crippen LogP contribution in [0.15, 0.2) is 18.4 Å². The Morgan fingerprint density at radius 1 is 1.67 bits per heavy atom. The molecule has 0 atom stereocenters. The summed E-state index contributed by atoms with van der Waals surface area (Å²) in [5, 5.41) is 0. The summed E-state index contributed by atoms with van der Waals surface area (Å²) < 4.78 is 0.683. The summed E-state index contributed by atoms with van der Waals surface area (Å²) in [6.45, 7) is 3.43. The van der Waals surface area contributed by atoms with E-state index < -0.39 is 0 Å². The van der Waals surface area contributed by atoms with E-state index in [1.807, 2.05) is 27.7 Å². The molecule has 0 nitrogen and oxygen atoms in total. The molecule has 1 aliphatic rings. The third-order valence-corrected chi connectivity index (χ3v) is 2.39. The predicted molar refractivity (Wildman–Crippen MR) is 32.7 cm³/mol. The molecule has 2 heteroatoms. The molecule has 0 aliphatic carbocycles. The van der Waals surface area contributed by atoms with Crippen molar-refractivity contribution in [2.75, 3.05) is 0 Å². The molecule has 0 aromatic carbocycles. The lowest BCUT2D eigenvalue weighted by Crippen LogP contribution is -1.56. The molecular weight excluding hydrogens is 112 g/mol. The SMILES string of the molecule is C=C=CC1SS1. The molecule has 1 aliphatic heterocycles. The van der Waals surface area contributed by atoms with E-state index in [0.717, 1.165) is 0 Å². The smallest absolute Gasteiger partial charge is 0.0963 e. The minimum absolute atomic E-state index is 0.683. The van der Waals surface area contributed by atoms with E-state index in [4.69, 9.17) is 0 Å². The van der Waals surface area contributed by atoms with Crippen molar-refractivity contribution in [3.05, 3.63) is 18.4 Å². The summed E-state index contributed by atoms with van der Waals surface area (Å²) in [7, 11) is 3.70. The minimum atomic E-state index is 0.683. The Morgan fingerprint density at radius 3 is 2.50 bits per heavy atom. The van der Waals surface area contributed by atoms with E-state index in [-0.39, 0.29) is 0 Å². The van der Waals surface area contributed by atoms with Crippen molar-refractivity contribution in [3.8, 4) is 0 Å². The molecule has 6 heavy (non-hydrogen) atoms. The summed E-state index contributed by atoms with van der Waals surface area (Å²) in [5.74, 6) is 0. The fourth-order valence-electron chi connectivity index (χ4n) is 0.184. The summed E-state index contributed by atoms with van der Waals surface area (Å²) in [4.78, 5) is 0. The number of hydrogen-bond donors (Lipinski definition) is 0. The van der Waals surface area contributed by atoms with Crippen LogP contribution in [0.2, 0.25) is 0 Å². The second-order valence-corrected chi connectivity index (χ2v) is 3.79. The zero-order valence-corrected chi connectivity index (χ0v) is 4.81. The maximum atomic E-state index is 3.43. The van der Waals surface area contributed by atoms with Crippen LogP contribution in [0.1, 0.15) is 0 Å². The first-order chi connectivity index (χ1) is 2.93. The highest BCUT2D eigenvalue weighted by molar-refractivity contribution is 8.92. The van der Waals surface area contributed by atoms with Gasteiger partial charge >= 0.3 is 0 Å². The standard InChI is InChI=1S/C4H4S2/c1-2-3-4-5-6-4/h3-4H,1H2. The van der Waals surface area contributed by atoms with Crippen LogP contribution in [0.25, 0.3) is 0 Å². The quantitative estimate of drug-likeness (QED) is 0.292. The van der Waals surface area contributed by atoms with Crippen LogP contribution < -0.4 is 0 Å². The van der Waals surface area contributed by atoms with Crippen LogP contribution >= 0.6 is 21.6 Å². The lowest BCUT2D eigenvalue weighted by Gasteiger charge is -1.59. The fourth-order valence-corrected chi connectivity index (χ4v) is 1.08. The van der Waals surface area contributed by atoms with Crippen molar-refractivity contribution >= 4 is 21.6 Å². The van der Waals surface area contributed by atoms with Gasteiger partial charge in [-0.2, -0.15) is 0 Å². The molecule has 0 spiro atoms. The molecule has 0 amide bonds. The predicted octanol–water partition coefficient (Wildman–Crippen LogP) is 2.05. The van der Waals surface area contributed by atoms with Gasteiger partial charge in [-0.15, -0.1) is 5.73 Å². The Balaban J connectivity index is 2.33. The number of hydrogen-bond acceptors (Lipinski definition) is 2. The zero-order chi connectivity index (χ0) is 4.41. The van der Waals surface area contributed by atoms with Gasteiger partial charge in [0.15, 0.2) is 0 Å². The lowest BCUT2D eigenvalue weighted by molar-refractivity contribution is 1.74. The van der Waals surface area contributed by atoms with Crippen molar-refractivity contribution in [3.63, 3.8) is 0 Å². The van der Waals surface area contributed by atoms with Crippen LogP contribution in [0.3, 0.4) is 0 Å². The summed E-state index contributed by atoms with van der Waals surface area (Å²) in [6, 6.07) is 0. The zero-order valence-electron chi connectivity index (χ0n) is 3.18. The molecule has 0 bridgehead atoms. The van der Waals surface area contributed by atoms with Crippen LogP contribution in [0, 0.1) is 0 Å². The largest absolute Gasteiger partial charge is 0.131 e. The normalized spacial score (nSPS) is 19.3. The molecule has 0 saturated carbocycles. The van der Waals surface area contributed by atoms with Gasteiger partial charge in [-0.25, -0.2) is 0 Å². The van der Waals surface area contributed by atoms with Gasteiger partial charge in [0.2, 0.25) is 0 Å². The lowest BCUT2D eigenvalue weighted by atomic mass is 10.7. The van der Waals surface area contributed by atoms with E-state index in [0.29, 0.717) is 4.58 Å². The number of rotatable bonds is 1. The van der Waals surface area contributed by atoms with Gasteiger partial charge in [0.1, 0.15) is 0 Å². The van der Waals surface area contributed by atoms with Crippen molar-refractivity contribution < 1.29 is 0 Å². The Kier molecular flexibility index (Phi) is 1.30. The maximum absolute atomic E-state index is 3.43. The van der Waals surface area contributed by atoms with Gasteiger partial charge in [0.05, 0.1) is 4.58 Å². The molecule has 0 aromatic heterocycles. The molecule has 0 radical (unpaired) electrons. The van der Waals surface area contributed by atoms with Crippen LogP contribution in [-0.2, 0) is 0 Å². The van der Waals surface area contributed by atoms with E-state index in [9.17, 15) is 0 Å². The van der Waals surface area contributed by atoms with Crippen molar-refractivity contribution in [1.29, 1.82) is 0 Å². The maximum Gasteiger partial charge on any atom is 0.0963 e. The molecule has 1 heterocycles. The van der Waals surface area contributed by atoms with E-state index in [1.165, 1.54) is 0 Å². The molecule has 1 fully saturated rings. The van der Waals surface area contributed by atoms with Gasteiger partial charge in [-0.05, 0) is 6.08 Å². The van der Waals surface area contributed by atoms with Gasteiger partial charge in [-0.1, -0.05) is 28.2 Å². The van der Waals surface area contributed by atoms with Crippen molar-refractivity contribution in [1.82, 2.24) is 0 Å². The van der Waals surface area contributed by atoms with Crippen molar-refractivity contribution in [2.45, 2.75) is 4.58 Å². The molecular formula is C4H4S2. The molecule has 1 saturated heterocycles. The van der Waals surface area contributed by atoms with Gasteiger partial charge in [0.25, 0.3) is 0 Å². The first kappa shape index (κ1) is 4.38. The first-order valence-electron chi connectivity index (χ1n) is 1.61. The first-order valence-corrected chi connectivity index (χ1v) is 3.89. The molecule has 0 unspecified atom stereocenters. The highest BCUT2D eigenvalue weighted by atomic mass is 33.2. The van der Waals surface area contributed by atoms with Gasteiger partial charge in [-0.3, -0.25) is 0 Å². The van der Waals surface area contributed by atoms with Crippen molar-refractivity contribution in [2.24, 2.45) is 0 Å². The third-order valence-electron chi connectivity index (χ3n) is 0.461.